The molecule has 0 amide bonds. The summed E-state index contributed by atoms with van der Waals surface area (Å²) in [5.41, 5.74) is 0. The Hall–Kier alpha value is -2.79. The molecule has 0 saturated heterocycles. The molecule has 0 aliphatic rings. The van der Waals surface area contributed by atoms with Gasteiger partial charge in [0.2, 0.25) is 0 Å². The van der Waals surface area contributed by atoms with Gasteiger partial charge in [-0.25, -0.2) is 0 Å². The largest absolute Gasteiger partial charge is 0.545 e. The van der Waals surface area contributed by atoms with Crippen LogP contribution in [-0.4, -0.2) is 35.8 Å². The number of aliphatic carboxylic acids is 6. The number of carboxylic acids is 6. The number of rotatable bonds is 6. The first-order valence-electron chi connectivity index (χ1n) is 5.18. The van der Waals surface area contributed by atoms with Crippen molar-refractivity contribution in [2.24, 2.45) is 0 Å². The first-order chi connectivity index (χ1) is 10.9. The molecule has 0 N–H and O–H groups in total. The van der Waals surface area contributed by atoms with Crippen LogP contribution in [0.2, 0.25) is 0 Å². The van der Waals surface area contributed by atoms with Crippen molar-refractivity contribution in [2.45, 2.75) is 0 Å². The number of hydrogen-bond donors (Lipinski definition) is 0. The second-order valence-electron chi connectivity index (χ2n) is 2.91. The molecule has 0 saturated carbocycles. The van der Waals surface area contributed by atoms with E-state index in [-0.39, 0.29) is 37.1 Å². The van der Waals surface area contributed by atoms with Gasteiger partial charge in [0.1, 0.15) is 0 Å². The maximum Gasteiger partial charge on any atom is 0.0643 e. The van der Waals surface area contributed by atoms with Gasteiger partial charge in [-0.3, -0.25) is 0 Å². The maximum absolute atomic E-state index is 9.41. The molecule has 0 atom stereocenters. The molecule has 0 aliphatic heterocycles. The molecule has 0 aromatic heterocycles. The Bertz CT molecular complexity index is 448. The van der Waals surface area contributed by atoms with E-state index in [9.17, 15) is 59.4 Å². The Morgan fingerprint density at radius 1 is 0.346 bits per heavy atom. The van der Waals surface area contributed by atoms with Crippen LogP contribution in [-0.2, 0) is 65.9 Å². The quantitative estimate of drug-likeness (QED) is 0.347. The van der Waals surface area contributed by atoms with E-state index in [1.54, 1.807) is 0 Å². The summed E-state index contributed by atoms with van der Waals surface area (Å²) >= 11 is 0. The number of carbonyl (C=O) groups excluding carboxylic acids is 6. The molecule has 0 fully saturated rings. The van der Waals surface area contributed by atoms with Gasteiger partial charge in [0.25, 0.3) is 0 Å². The van der Waals surface area contributed by atoms with Gasteiger partial charge in [-0.15, -0.1) is 0 Å². The van der Waals surface area contributed by atoms with Crippen molar-refractivity contribution in [3.8, 4) is 0 Å². The summed E-state index contributed by atoms with van der Waals surface area (Å²) in [5, 5.41) is 56.5. The summed E-state index contributed by atoms with van der Waals surface area (Å²) in [5.74, 6) is -9.28. The molecule has 142 valence electrons. The van der Waals surface area contributed by atoms with E-state index < -0.39 is 35.8 Å². The summed E-state index contributed by atoms with van der Waals surface area (Å²) in [4.78, 5) is 56.5. The summed E-state index contributed by atoms with van der Waals surface area (Å²) in [6, 6.07) is 0. The van der Waals surface area contributed by atoms with Gasteiger partial charge in [-0.2, -0.15) is 0 Å². The van der Waals surface area contributed by atoms with Gasteiger partial charge in [0.15, 0.2) is 0 Å². The SMILES string of the molecule is O=C([O-])/C=C/C(=O)[O-].O=C([O-])/C=C/C(=O)[O-].O=C([O-])/C=C/C(=O)[O-].[V].[V]. The summed E-state index contributed by atoms with van der Waals surface area (Å²) in [7, 11) is 0. The smallest absolute Gasteiger partial charge is 0.0643 e. The fraction of sp³-hybridized carbons (Fsp3) is 0. The van der Waals surface area contributed by atoms with Crippen molar-refractivity contribution in [1.29, 1.82) is 0 Å². The van der Waals surface area contributed by atoms with E-state index >= 15 is 0 Å². The van der Waals surface area contributed by atoms with E-state index in [1.807, 2.05) is 0 Å². The molecule has 0 aromatic carbocycles. The standard InChI is InChI=1S/3C4H4O4.2V/c3*5-3(6)1-2-4(7)8;;/h3*1-2H,(H,5,6)(H,7,8);;/p-6/b3*2-1+;;. The van der Waals surface area contributed by atoms with Crippen LogP contribution in [0.1, 0.15) is 0 Å². The molecular formula is C12H6O12V2-6. The molecule has 0 bridgehead atoms. The van der Waals surface area contributed by atoms with Gasteiger partial charge in [-0.05, 0) is 36.5 Å². The molecule has 12 nitrogen and oxygen atoms in total. The van der Waals surface area contributed by atoms with Crippen molar-refractivity contribution in [3.05, 3.63) is 36.5 Å². The molecule has 0 heterocycles. The third kappa shape index (κ3) is 58.1. The van der Waals surface area contributed by atoms with Crippen LogP contribution in [0, 0.1) is 0 Å². The van der Waals surface area contributed by atoms with E-state index in [2.05, 4.69) is 0 Å². The number of carboxylic acid groups (broad SMARTS) is 6. The molecule has 0 unspecified atom stereocenters. The number of carbonyl (C=O) groups is 6. The third-order valence-electron chi connectivity index (χ3n) is 1.07. The average molecular weight is 444 g/mol. The molecule has 26 heavy (non-hydrogen) atoms. The van der Waals surface area contributed by atoms with Crippen LogP contribution in [0.15, 0.2) is 36.5 Å². The van der Waals surface area contributed by atoms with Gasteiger partial charge in [-0.1, -0.05) is 0 Å². The first kappa shape index (κ1) is 34.5. The Morgan fingerprint density at radius 3 is 0.462 bits per heavy atom. The molecular weight excluding hydrogens is 438 g/mol. The second kappa shape index (κ2) is 22.2. The van der Waals surface area contributed by atoms with E-state index in [0.29, 0.717) is 36.5 Å². The van der Waals surface area contributed by atoms with Gasteiger partial charge >= 0.3 is 0 Å². The summed E-state index contributed by atoms with van der Waals surface area (Å²) < 4.78 is 0. The van der Waals surface area contributed by atoms with Crippen molar-refractivity contribution >= 4 is 35.8 Å². The predicted octanol–water partition coefficient (Wildman–Crippen LogP) is -8.88. The second-order valence-corrected chi connectivity index (χ2v) is 2.91. The van der Waals surface area contributed by atoms with Gasteiger partial charge in [0, 0.05) is 37.1 Å². The molecule has 0 spiro atoms. The van der Waals surface area contributed by atoms with Crippen LogP contribution in [0.5, 0.6) is 0 Å². The topological polar surface area (TPSA) is 241 Å². The molecule has 0 aromatic rings. The van der Waals surface area contributed by atoms with Crippen LogP contribution >= 0.6 is 0 Å². The number of hydrogen-bond acceptors (Lipinski definition) is 12. The van der Waals surface area contributed by atoms with Crippen molar-refractivity contribution < 1.29 is 96.5 Å². The van der Waals surface area contributed by atoms with E-state index in [0.717, 1.165) is 0 Å². The minimum absolute atomic E-state index is 0. The van der Waals surface area contributed by atoms with Crippen molar-refractivity contribution in [2.75, 3.05) is 0 Å². The van der Waals surface area contributed by atoms with Crippen molar-refractivity contribution in [1.82, 2.24) is 0 Å². The monoisotopic (exact) mass is 444 g/mol. The Morgan fingerprint density at radius 2 is 0.423 bits per heavy atom. The fourth-order valence-corrected chi connectivity index (χ4v) is 0.408. The summed E-state index contributed by atoms with van der Waals surface area (Å²) in [6.07, 6.45) is 2.31. The van der Waals surface area contributed by atoms with Gasteiger partial charge in [0.05, 0.1) is 35.8 Å². The zero-order chi connectivity index (χ0) is 19.7. The fourth-order valence-electron chi connectivity index (χ4n) is 0.408. The zero-order valence-corrected chi connectivity index (χ0v) is 15.1. The molecule has 0 aliphatic carbocycles. The van der Waals surface area contributed by atoms with Crippen LogP contribution in [0.25, 0.3) is 0 Å². The zero-order valence-electron chi connectivity index (χ0n) is 12.3. The Balaban J connectivity index is -0.0000000817. The third-order valence-corrected chi connectivity index (χ3v) is 1.07. The maximum atomic E-state index is 9.41. The summed E-state index contributed by atoms with van der Waals surface area (Å²) in [6.45, 7) is 0. The minimum atomic E-state index is -1.55. The first-order valence-corrected chi connectivity index (χ1v) is 5.18. The van der Waals surface area contributed by atoms with E-state index in [1.165, 1.54) is 0 Å². The van der Waals surface area contributed by atoms with Crippen LogP contribution in [0.3, 0.4) is 0 Å². The minimum Gasteiger partial charge on any atom is -0.545 e. The Labute approximate surface area is 168 Å². The van der Waals surface area contributed by atoms with Crippen LogP contribution < -0.4 is 30.6 Å². The van der Waals surface area contributed by atoms with E-state index in [4.69, 9.17) is 0 Å². The predicted molar refractivity (Wildman–Crippen MR) is 57.5 cm³/mol. The van der Waals surface area contributed by atoms with Gasteiger partial charge < -0.3 is 59.4 Å². The Kier molecular flexibility index (Phi) is 29.5. The molecule has 0 rings (SSSR count). The molecule has 2 radical (unpaired) electrons. The van der Waals surface area contributed by atoms with Crippen LogP contribution in [0.4, 0.5) is 0 Å². The molecule has 14 heteroatoms. The normalized spacial score (nSPS) is 8.77. The van der Waals surface area contributed by atoms with Crippen molar-refractivity contribution in [3.63, 3.8) is 0 Å². The average Bonchev–Trinajstić information content (AvgIpc) is 2.42.